The SMILES string of the molecule is COC1(c2nccc(CN)n2)CCCC(C)C1. The van der Waals surface area contributed by atoms with Crippen molar-refractivity contribution in [3.63, 3.8) is 0 Å². The number of ether oxygens (including phenoxy) is 1. The highest BCUT2D eigenvalue weighted by Gasteiger charge is 2.39. The maximum atomic E-state index is 5.77. The van der Waals surface area contributed by atoms with Crippen LogP contribution in [0, 0.1) is 5.92 Å². The van der Waals surface area contributed by atoms with Gasteiger partial charge in [0.25, 0.3) is 0 Å². The van der Waals surface area contributed by atoms with Crippen molar-refractivity contribution in [2.45, 2.75) is 44.8 Å². The summed E-state index contributed by atoms with van der Waals surface area (Å²) in [7, 11) is 1.76. The smallest absolute Gasteiger partial charge is 0.160 e. The standard InChI is InChI=1S/C13H21N3O/c1-10-4-3-6-13(8-10,17-2)12-15-7-5-11(9-14)16-12/h5,7,10H,3-4,6,8-9,14H2,1-2H3. The zero-order valence-corrected chi connectivity index (χ0v) is 10.6. The second-order valence-electron chi connectivity index (χ2n) is 4.98. The van der Waals surface area contributed by atoms with Crippen LogP contribution in [0.3, 0.4) is 0 Å². The summed E-state index contributed by atoms with van der Waals surface area (Å²) in [6, 6.07) is 1.86. The Labute approximate surface area is 103 Å². The number of aromatic nitrogens is 2. The lowest BCUT2D eigenvalue weighted by Crippen LogP contribution is -2.36. The fourth-order valence-corrected chi connectivity index (χ4v) is 2.71. The quantitative estimate of drug-likeness (QED) is 0.870. The van der Waals surface area contributed by atoms with Crippen LogP contribution in [0.2, 0.25) is 0 Å². The van der Waals surface area contributed by atoms with Crippen molar-refractivity contribution in [3.05, 3.63) is 23.8 Å². The van der Waals surface area contributed by atoms with Crippen LogP contribution in [-0.2, 0) is 16.9 Å². The van der Waals surface area contributed by atoms with E-state index in [2.05, 4.69) is 16.9 Å². The number of nitrogens with zero attached hydrogens (tertiary/aromatic N) is 2. The van der Waals surface area contributed by atoms with Crippen LogP contribution in [0.4, 0.5) is 0 Å². The summed E-state index contributed by atoms with van der Waals surface area (Å²) in [5.41, 5.74) is 6.21. The lowest BCUT2D eigenvalue weighted by atomic mass is 9.78. The Bertz CT molecular complexity index is 383. The topological polar surface area (TPSA) is 61.0 Å². The van der Waals surface area contributed by atoms with E-state index in [1.54, 1.807) is 13.3 Å². The van der Waals surface area contributed by atoms with Crippen LogP contribution in [0.1, 0.15) is 44.1 Å². The van der Waals surface area contributed by atoms with Gasteiger partial charge in [-0.2, -0.15) is 0 Å². The van der Waals surface area contributed by atoms with E-state index in [1.165, 1.54) is 12.8 Å². The van der Waals surface area contributed by atoms with Crippen LogP contribution in [-0.4, -0.2) is 17.1 Å². The van der Waals surface area contributed by atoms with Gasteiger partial charge in [-0.3, -0.25) is 0 Å². The van der Waals surface area contributed by atoms with Crippen molar-refractivity contribution < 1.29 is 4.74 Å². The minimum atomic E-state index is -0.303. The molecule has 4 heteroatoms. The van der Waals surface area contributed by atoms with E-state index >= 15 is 0 Å². The fourth-order valence-electron chi connectivity index (χ4n) is 2.71. The van der Waals surface area contributed by atoms with E-state index in [0.717, 1.165) is 24.4 Å². The highest BCUT2D eigenvalue weighted by atomic mass is 16.5. The van der Waals surface area contributed by atoms with Gasteiger partial charge < -0.3 is 10.5 Å². The molecule has 2 unspecified atom stereocenters. The predicted molar refractivity (Wildman–Crippen MR) is 66.2 cm³/mol. The second kappa shape index (κ2) is 5.10. The summed E-state index contributed by atoms with van der Waals surface area (Å²) in [5.74, 6) is 1.46. The summed E-state index contributed by atoms with van der Waals surface area (Å²) in [4.78, 5) is 8.93. The molecular formula is C13H21N3O. The Morgan fingerprint density at radius 1 is 1.59 bits per heavy atom. The first kappa shape index (κ1) is 12.5. The van der Waals surface area contributed by atoms with E-state index in [9.17, 15) is 0 Å². The molecule has 1 saturated carbocycles. The predicted octanol–water partition coefficient (Wildman–Crippen LogP) is 1.99. The lowest BCUT2D eigenvalue weighted by Gasteiger charge is -2.37. The second-order valence-corrected chi connectivity index (χ2v) is 4.98. The monoisotopic (exact) mass is 235 g/mol. The molecule has 1 aliphatic rings. The normalized spacial score (nSPS) is 29.2. The third-order valence-electron chi connectivity index (χ3n) is 3.68. The van der Waals surface area contributed by atoms with Crippen molar-refractivity contribution >= 4 is 0 Å². The Hall–Kier alpha value is -1.00. The molecule has 94 valence electrons. The van der Waals surface area contributed by atoms with Crippen LogP contribution >= 0.6 is 0 Å². The molecule has 2 N–H and O–H groups in total. The average molecular weight is 235 g/mol. The number of hydrogen-bond acceptors (Lipinski definition) is 4. The van der Waals surface area contributed by atoms with Crippen molar-refractivity contribution in [1.82, 2.24) is 9.97 Å². The molecule has 0 aromatic carbocycles. The molecule has 2 atom stereocenters. The third-order valence-corrected chi connectivity index (χ3v) is 3.68. The van der Waals surface area contributed by atoms with E-state index in [-0.39, 0.29) is 5.60 Å². The zero-order chi connectivity index (χ0) is 12.3. The van der Waals surface area contributed by atoms with E-state index in [1.807, 2.05) is 6.07 Å². The van der Waals surface area contributed by atoms with Crippen molar-refractivity contribution in [2.24, 2.45) is 11.7 Å². The Balaban J connectivity index is 2.32. The van der Waals surface area contributed by atoms with E-state index < -0.39 is 0 Å². The molecule has 0 spiro atoms. The molecule has 17 heavy (non-hydrogen) atoms. The summed E-state index contributed by atoms with van der Waals surface area (Å²) >= 11 is 0. The molecule has 2 rings (SSSR count). The molecule has 1 heterocycles. The van der Waals surface area contributed by atoms with Crippen LogP contribution < -0.4 is 5.73 Å². The Morgan fingerprint density at radius 3 is 3.06 bits per heavy atom. The van der Waals surface area contributed by atoms with Crippen molar-refractivity contribution in [3.8, 4) is 0 Å². The van der Waals surface area contributed by atoms with Crippen molar-refractivity contribution in [1.29, 1.82) is 0 Å². The number of nitrogens with two attached hydrogens (primary N) is 1. The van der Waals surface area contributed by atoms with Gasteiger partial charge in [-0.25, -0.2) is 9.97 Å². The summed E-state index contributed by atoms with van der Waals surface area (Å²) in [6.45, 7) is 2.71. The van der Waals surface area contributed by atoms with Gasteiger partial charge in [0.05, 0.1) is 5.69 Å². The first-order valence-corrected chi connectivity index (χ1v) is 6.28. The number of rotatable bonds is 3. The number of hydrogen-bond donors (Lipinski definition) is 1. The van der Waals surface area contributed by atoms with Crippen LogP contribution in [0.5, 0.6) is 0 Å². The Kier molecular flexibility index (Phi) is 3.74. The third kappa shape index (κ3) is 2.48. The van der Waals surface area contributed by atoms with Gasteiger partial charge >= 0.3 is 0 Å². The van der Waals surface area contributed by atoms with Gasteiger partial charge in [0.1, 0.15) is 5.60 Å². The van der Waals surface area contributed by atoms with Gasteiger partial charge in [0.15, 0.2) is 5.82 Å². The average Bonchev–Trinajstić information content (AvgIpc) is 2.38. The molecule has 1 aliphatic carbocycles. The van der Waals surface area contributed by atoms with Gasteiger partial charge in [-0.1, -0.05) is 13.3 Å². The van der Waals surface area contributed by atoms with Crippen molar-refractivity contribution in [2.75, 3.05) is 7.11 Å². The molecule has 4 nitrogen and oxygen atoms in total. The first-order chi connectivity index (χ1) is 8.20. The fraction of sp³-hybridized carbons (Fsp3) is 0.692. The highest BCUT2D eigenvalue weighted by Crippen LogP contribution is 2.40. The van der Waals surface area contributed by atoms with E-state index in [0.29, 0.717) is 12.5 Å². The van der Waals surface area contributed by atoms with Crippen LogP contribution in [0.15, 0.2) is 12.3 Å². The number of methoxy groups -OCH3 is 1. The molecule has 0 bridgehead atoms. The Morgan fingerprint density at radius 2 is 2.41 bits per heavy atom. The largest absolute Gasteiger partial charge is 0.370 e. The summed E-state index contributed by atoms with van der Waals surface area (Å²) in [5, 5.41) is 0. The molecular weight excluding hydrogens is 214 g/mol. The summed E-state index contributed by atoms with van der Waals surface area (Å²) < 4.78 is 5.77. The van der Waals surface area contributed by atoms with Gasteiger partial charge in [0, 0.05) is 19.9 Å². The van der Waals surface area contributed by atoms with Gasteiger partial charge in [-0.15, -0.1) is 0 Å². The van der Waals surface area contributed by atoms with Gasteiger partial charge in [0.2, 0.25) is 0 Å². The molecule has 1 aromatic heterocycles. The molecule has 0 aliphatic heterocycles. The van der Waals surface area contributed by atoms with Crippen LogP contribution in [0.25, 0.3) is 0 Å². The lowest BCUT2D eigenvalue weighted by molar-refractivity contribution is -0.0647. The minimum absolute atomic E-state index is 0.303. The molecule has 0 radical (unpaired) electrons. The summed E-state index contributed by atoms with van der Waals surface area (Å²) in [6.07, 6.45) is 6.22. The first-order valence-electron chi connectivity index (χ1n) is 6.28. The van der Waals surface area contributed by atoms with E-state index in [4.69, 9.17) is 10.5 Å². The molecule has 0 amide bonds. The highest BCUT2D eigenvalue weighted by molar-refractivity contribution is 5.10. The molecule has 1 fully saturated rings. The van der Waals surface area contributed by atoms with Gasteiger partial charge in [-0.05, 0) is 31.2 Å². The molecule has 1 aromatic rings. The zero-order valence-electron chi connectivity index (χ0n) is 10.6. The minimum Gasteiger partial charge on any atom is -0.370 e. The maximum absolute atomic E-state index is 5.77. The maximum Gasteiger partial charge on any atom is 0.160 e. The molecule has 0 saturated heterocycles.